The van der Waals surface area contributed by atoms with Crippen molar-refractivity contribution >= 4 is 6.08 Å². The van der Waals surface area contributed by atoms with E-state index in [1.165, 1.54) is 0 Å². The van der Waals surface area contributed by atoms with Crippen molar-refractivity contribution < 1.29 is 0 Å². The zero-order chi connectivity index (χ0) is 6.69. The molecule has 0 radical (unpaired) electrons. The van der Waals surface area contributed by atoms with Crippen molar-refractivity contribution in [1.29, 1.82) is 0 Å². The van der Waals surface area contributed by atoms with Crippen LogP contribution in [0, 0.1) is 0 Å². The summed E-state index contributed by atoms with van der Waals surface area (Å²) < 4.78 is 0. The van der Waals surface area contributed by atoms with E-state index in [0.717, 1.165) is 17.9 Å². The molecule has 1 N–H and O–H groups in total. The maximum absolute atomic E-state index is 4.03. The van der Waals surface area contributed by atoms with Gasteiger partial charge in [-0.2, -0.15) is 0 Å². The van der Waals surface area contributed by atoms with Crippen LogP contribution in [0.15, 0.2) is 12.8 Å². The van der Waals surface area contributed by atoms with Gasteiger partial charge >= 0.3 is 0 Å². The van der Waals surface area contributed by atoms with Gasteiger partial charge in [0.15, 0.2) is 0 Å². The van der Waals surface area contributed by atoms with Gasteiger partial charge in [-0.1, -0.05) is 13.5 Å². The van der Waals surface area contributed by atoms with Crippen LogP contribution in [0.2, 0.25) is 0 Å². The molecule has 2 heteroatoms. The molecule has 0 amide bonds. The molecule has 0 aromatic carbocycles. The van der Waals surface area contributed by atoms with Crippen LogP contribution in [0.5, 0.6) is 0 Å². The molecule has 0 fully saturated rings. The first-order valence-electron chi connectivity index (χ1n) is 3.03. The molecule has 2 nitrogen and oxygen atoms in total. The molecule has 0 unspecified atom stereocenters. The van der Waals surface area contributed by atoms with Crippen LogP contribution in [0.25, 0.3) is 6.08 Å². The molecule has 1 rings (SSSR count). The zero-order valence-corrected chi connectivity index (χ0v) is 5.52. The summed E-state index contributed by atoms with van der Waals surface area (Å²) in [7, 11) is 0. The minimum Gasteiger partial charge on any atom is -0.342 e. The van der Waals surface area contributed by atoms with Gasteiger partial charge < -0.3 is 4.98 Å². The number of hydrogen-bond acceptors (Lipinski definition) is 1. The minimum absolute atomic E-state index is 0.854. The fourth-order valence-electron chi connectivity index (χ4n) is 0.660. The first-order valence-corrected chi connectivity index (χ1v) is 3.03. The Bertz CT molecular complexity index is 200. The summed E-state index contributed by atoms with van der Waals surface area (Å²) in [6.07, 6.45) is 4.54. The highest BCUT2D eigenvalue weighted by Crippen LogP contribution is 1.97. The second-order valence-electron chi connectivity index (χ2n) is 1.85. The highest BCUT2D eigenvalue weighted by Gasteiger charge is 1.91. The molecule has 0 spiro atoms. The number of imidazole rings is 1. The molecule has 0 aliphatic carbocycles. The minimum atomic E-state index is 0.854. The van der Waals surface area contributed by atoms with Crippen LogP contribution in [-0.4, -0.2) is 9.97 Å². The average Bonchev–Trinajstić information content (AvgIpc) is 2.34. The van der Waals surface area contributed by atoms with Crippen LogP contribution in [0.1, 0.15) is 18.4 Å². The van der Waals surface area contributed by atoms with Gasteiger partial charge in [0.05, 0.1) is 0 Å². The third-order valence-corrected chi connectivity index (χ3v) is 1.22. The molecule has 48 valence electrons. The van der Waals surface area contributed by atoms with Gasteiger partial charge in [0, 0.05) is 11.9 Å². The lowest BCUT2D eigenvalue weighted by Gasteiger charge is -1.83. The Morgan fingerprint density at radius 3 is 3.00 bits per heavy atom. The summed E-state index contributed by atoms with van der Waals surface area (Å²) in [6, 6.07) is 0. The van der Waals surface area contributed by atoms with E-state index in [2.05, 4.69) is 23.5 Å². The first-order chi connectivity index (χ1) is 4.36. The lowest BCUT2D eigenvalue weighted by atomic mass is 10.4. The fourth-order valence-corrected chi connectivity index (χ4v) is 0.660. The second-order valence-corrected chi connectivity index (χ2v) is 1.85. The quantitative estimate of drug-likeness (QED) is 0.634. The number of aromatic nitrogens is 2. The van der Waals surface area contributed by atoms with Gasteiger partial charge in [-0.25, -0.2) is 4.98 Å². The first kappa shape index (κ1) is 6.08. The number of nitrogens with one attached hydrogen (secondary N) is 1. The maximum Gasteiger partial charge on any atom is 0.129 e. The Morgan fingerprint density at radius 1 is 1.89 bits per heavy atom. The van der Waals surface area contributed by atoms with Gasteiger partial charge in [-0.3, -0.25) is 0 Å². The summed E-state index contributed by atoms with van der Waals surface area (Å²) in [5, 5.41) is 0. The molecule has 0 aliphatic rings. The Kier molecular flexibility index (Phi) is 1.68. The molecule has 1 heterocycles. The van der Waals surface area contributed by atoms with Gasteiger partial charge in [0.2, 0.25) is 0 Å². The van der Waals surface area contributed by atoms with Crippen molar-refractivity contribution in [3.05, 3.63) is 24.3 Å². The largest absolute Gasteiger partial charge is 0.342 e. The number of hydrogen-bond donors (Lipinski definition) is 1. The third kappa shape index (κ3) is 1.19. The van der Waals surface area contributed by atoms with Crippen LogP contribution in [0.4, 0.5) is 0 Å². The van der Waals surface area contributed by atoms with Crippen molar-refractivity contribution in [3.8, 4) is 0 Å². The summed E-state index contributed by atoms with van der Waals surface area (Å²) >= 11 is 0. The normalized spacial score (nSPS) is 9.44. The highest BCUT2D eigenvalue weighted by molar-refractivity contribution is 5.36. The fraction of sp³-hybridized carbons (Fsp3) is 0.286. The van der Waals surface area contributed by atoms with Gasteiger partial charge in [-0.05, 0) is 12.5 Å². The van der Waals surface area contributed by atoms with E-state index in [1.807, 2.05) is 6.20 Å². The van der Waals surface area contributed by atoms with Gasteiger partial charge in [0.25, 0.3) is 0 Å². The number of rotatable bonds is 2. The molecular weight excluding hydrogens is 112 g/mol. The van der Waals surface area contributed by atoms with Crippen LogP contribution < -0.4 is 0 Å². The Morgan fingerprint density at radius 2 is 2.67 bits per heavy atom. The second kappa shape index (κ2) is 2.49. The highest BCUT2D eigenvalue weighted by atomic mass is 14.9. The monoisotopic (exact) mass is 122 g/mol. The Hall–Kier alpha value is -1.05. The molecule has 0 bridgehead atoms. The number of H-pyrrole nitrogens is 1. The molecule has 0 saturated carbocycles. The van der Waals surface area contributed by atoms with Crippen LogP contribution >= 0.6 is 0 Å². The predicted molar refractivity (Wildman–Crippen MR) is 38.1 cm³/mol. The molecule has 0 saturated heterocycles. The lowest BCUT2D eigenvalue weighted by Crippen LogP contribution is -1.77. The Labute approximate surface area is 54.6 Å². The lowest BCUT2D eigenvalue weighted by molar-refractivity contribution is 1.06. The smallest absolute Gasteiger partial charge is 0.129 e. The molecule has 9 heavy (non-hydrogen) atoms. The zero-order valence-electron chi connectivity index (χ0n) is 5.52. The summed E-state index contributed by atoms with van der Waals surface area (Å²) in [4.78, 5) is 7.12. The standard InChI is InChI=1S/C7H10N2/c1-3-6-5-8-7(4-2)9-6/h4-5H,2-3H2,1H3,(H,8,9). The van der Waals surface area contributed by atoms with Gasteiger partial charge in [-0.15, -0.1) is 0 Å². The molecular formula is C7H10N2. The van der Waals surface area contributed by atoms with Crippen LogP contribution in [0.3, 0.4) is 0 Å². The van der Waals surface area contributed by atoms with Crippen molar-refractivity contribution in [3.63, 3.8) is 0 Å². The van der Waals surface area contributed by atoms with E-state index < -0.39 is 0 Å². The molecule has 1 aromatic rings. The molecule has 1 aromatic heterocycles. The van der Waals surface area contributed by atoms with Crippen molar-refractivity contribution in [2.45, 2.75) is 13.3 Å². The molecule has 0 aliphatic heterocycles. The van der Waals surface area contributed by atoms with E-state index in [0.29, 0.717) is 0 Å². The molecule has 0 atom stereocenters. The SMILES string of the molecule is C=Cc1ncc(CC)[nH]1. The van der Waals surface area contributed by atoms with Crippen molar-refractivity contribution in [2.75, 3.05) is 0 Å². The summed E-state index contributed by atoms with van der Waals surface area (Å²) in [6.45, 7) is 5.67. The van der Waals surface area contributed by atoms with E-state index in [-0.39, 0.29) is 0 Å². The maximum atomic E-state index is 4.03. The average molecular weight is 122 g/mol. The summed E-state index contributed by atoms with van der Waals surface area (Å²) in [5.74, 6) is 0.854. The number of nitrogens with zero attached hydrogens (tertiary/aromatic N) is 1. The van der Waals surface area contributed by atoms with E-state index in [9.17, 15) is 0 Å². The van der Waals surface area contributed by atoms with Gasteiger partial charge in [0.1, 0.15) is 5.82 Å². The van der Waals surface area contributed by atoms with Crippen LogP contribution in [-0.2, 0) is 6.42 Å². The van der Waals surface area contributed by atoms with E-state index in [4.69, 9.17) is 0 Å². The van der Waals surface area contributed by atoms with Crippen molar-refractivity contribution in [1.82, 2.24) is 9.97 Å². The topological polar surface area (TPSA) is 28.7 Å². The summed E-state index contributed by atoms with van der Waals surface area (Å²) in [5.41, 5.74) is 1.16. The Balaban J connectivity index is 2.86. The van der Waals surface area contributed by atoms with Crippen molar-refractivity contribution in [2.24, 2.45) is 0 Å². The van der Waals surface area contributed by atoms with E-state index >= 15 is 0 Å². The number of aryl methyl sites for hydroxylation is 1. The van der Waals surface area contributed by atoms with E-state index in [1.54, 1.807) is 6.08 Å². The predicted octanol–water partition coefficient (Wildman–Crippen LogP) is 1.62. The third-order valence-electron chi connectivity index (χ3n) is 1.22. The number of aromatic amines is 1.